The van der Waals surface area contributed by atoms with E-state index in [1.165, 1.54) is 0 Å². The molecule has 152 valence electrons. The highest BCUT2D eigenvalue weighted by molar-refractivity contribution is 6.11. The number of para-hydroxylation sites is 2. The van der Waals surface area contributed by atoms with Gasteiger partial charge in [-0.1, -0.05) is 60.7 Å². The van der Waals surface area contributed by atoms with Crippen molar-refractivity contribution in [3.8, 4) is 0 Å². The van der Waals surface area contributed by atoms with E-state index in [0.29, 0.717) is 0 Å². The van der Waals surface area contributed by atoms with E-state index in [2.05, 4.69) is 96.3 Å². The van der Waals surface area contributed by atoms with E-state index in [9.17, 15) is 0 Å². The van der Waals surface area contributed by atoms with Crippen LogP contribution < -0.4 is 5.32 Å². The van der Waals surface area contributed by atoms with Crippen LogP contribution in [0.3, 0.4) is 0 Å². The summed E-state index contributed by atoms with van der Waals surface area (Å²) in [5.41, 5.74) is 7.72. The molecule has 0 unspecified atom stereocenters. The van der Waals surface area contributed by atoms with Crippen molar-refractivity contribution < 1.29 is 0 Å². The van der Waals surface area contributed by atoms with Crippen LogP contribution in [0.4, 0.5) is 11.4 Å². The highest BCUT2D eigenvalue weighted by Gasteiger charge is 2.13. The van der Waals surface area contributed by atoms with E-state index in [4.69, 9.17) is 15.0 Å². The zero-order valence-electron chi connectivity index (χ0n) is 17.5. The zero-order chi connectivity index (χ0) is 21.5. The van der Waals surface area contributed by atoms with Crippen LogP contribution in [0.2, 0.25) is 0 Å². The third-order valence-corrected chi connectivity index (χ3v) is 6.67. The summed E-state index contributed by atoms with van der Waals surface area (Å²) in [5.74, 6) is 0. The fourth-order valence-electron chi connectivity index (χ4n) is 5.10. The third kappa shape index (κ3) is 2.37. The summed E-state index contributed by atoms with van der Waals surface area (Å²) < 4.78 is 0. The quantitative estimate of drug-likeness (QED) is 0.277. The molecule has 0 atom stereocenters. The zero-order valence-corrected chi connectivity index (χ0v) is 17.5. The number of aromatic nitrogens is 3. The molecule has 0 aliphatic carbocycles. The van der Waals surface area contributed by atoms with Crippen molar-refractivity contribution in [3.05, 3.63) is 91.0 Å². The van der Waals surface area contributed by atoms with E-state index in [0.717, 1.165) is 76.8 Å². The average molecular weight is 420 g/mol. The maximum Gasteiger partial charge on any atom is 0.0950 e. The van der Waals surface area contributed by atoms with Crippen LogP contribution in [-0.4, -0.2) is 15.0 Å². The molecule has 0 spiro atoms. The highest BCUT2D eigenvalue weighted by atomic mass is 14.9. The van der Waals surface area contributed by atoms with E-state index < -0.39 is 0 Å². The number of fused-ring (bicyclic) bond motifs is 6. The van der Waals surface area contributed by atoms with Gasteiger partial charge in [0.05, 0.1) is 38.8 Å². The van der Waals surface area contributed by atoms with Crippen LogP contribution in [-0.2, 0) is 0 Å². The molecule has 0 amide bonds. The van der Waals surface area contributed by atoms with E-state index >= 15 is 0 Å². The van der Waals surface area contributed by atoms with Gasteiger partial charge in [0.25, 0.3) is 0 Å². The Morgan fingerprint density at radius 2 is 1.15 bits per heavy atom. The fourth-order valence-corrected chi connectivity index (χ4v) is 5.10. The molecule has 3 aromatic carbocycles. The van der Waals surface area contributed by atoms with Crippen molar-refractivity contribution in [3.63, 3.8) is 0 Å². The van der Waals surface area contributed by atoms with Crippen molar-refractivity contribution in [2.75, 3.05) is 5.32 Å². The van der Waals surface area contributed by atoms with Crippen molar-refractivity contribution in [2.45, 2.75) is 0 Å². The molecule has 8 rings (SSSR count). The first-order chi connectivity index (χ1) is 16.3. The van der Waals surface area contributed by atoms with Gasteiger partial charge >= 0.3 is 0 Å². The molecule has 0 saturated carbocycles. The smallest absolute Gasteiger partial charge is 0.0950 e. The van der Waals surface area contributed by atoms with Gasteiger partial charge in [-0.3, -0.25) is 0 Å². The monoisotopic (exact) mass is 420 g/mol. The molecular formula is C29H16N4. The summed E-state index contributed by atoms with van der Waals surface area (Å²) in [5, 5.41) is 10.3. The van der Waals surface area contributed by atoms with E-state index in [1.807, 2.05) is 0 Å². The highest BCUT2D eigenvalue weighted by Crippen LogP contribution is 2.37. The summed E-state index contributed by atoms with van der Waals surface area (Å²) in [6.07, 6.45) is 0. The standard InChI is InChI=1S/C29H16N4/c1-3-18-13-20-15-21-14-19-4-2-6-23(27(19)31-21)25-12-10-17-8-7-16-9-11-24(22(5-1)26(18)30-20)32-28(16)29(17)33-25/h1-15,32H. The Balaban J connectivity index is 1.66. The molecule has 0 radical (unpaired) electrons. The summed E-state index contributed by atoms with van der Waals surface area (Å²) in [6, 6.07) is 31.7. The number of rotatable bonds is 0. The number of anilines is 2. The molecule has 4 heteroatoms. The van der Waals surface area contributed by atoms with Crippen LogP contribution in [0.1, 0.15) is 0 Å². The van der Waals surface area contributed by atoms with Gasteiger partial charge in [0.15, 0.2) is 0 Å². The van der Waals surface area contributed by atoms with Gasteiger partial charge in [0.1, 0.15) is 0 Å². The predicted octanol–water partition coefficient (Wildman–Crippen LogP) is 7.41. The molecule has 33 heavy (non-hydrogen) atoms. The van der Waals surface area contributed by atoms with Crippen LogP contribution in [0.25, 0.3) is 65.4 Å². The minimum Gasteiger partial charge on any atom is -0.353 e. The van der Waals surface area contributed by atoms with Gasteiger partial charge in [-0.15, -0.1) is 0 Å². The number of benzene rings is 3. The van der Waals surface area contributed by atoms with Crippen LogP contribution in [0.15, 0.2) is 91.0 Å². The lowest BCUT2D eigenvalue weighted by molar-refractivity contribution is 1.48. The Kier molecular flexibility index (Phi) is 3.11. The number of nitrogens with zero attached hydrogens (tertiary/aromatic N) is 3. The molecule has 5 heterocycles. The number of pyridine rings is 1. The van der Waals surface area contributed by atoms with Gasteiger partial charge in [-0.05, 0) is 30.3 Å². The largest absolute Gasteiger partial charge is 0.353 e. The van der Waals surface area contributed by atoms with Crippen molar-refractivity contribution in [2.24, 2.45) is 0 Å². The Bertz CT molecular complexity index is 2010. The lowest BCUT2D eigenvalue weighted by Crippen LogP contribution is -1.97. The molecule has 2 aliphatic rings. The van der Waals surface area contributed by atoms with E-state index in [-0.39, 0.29) is 0 Å². The Labute approximate surface area is 188 Å². The van der Waals surface area contributed by atoms with E-state index in [1.54, 1.807) is 0 Å². The Hall–Kier alpha value is -4.57. The van der Waals surface area contributed by atoms with Gasteiger partial charge in [-0.25, -0.2) is 15.0 Å². The summed E-state index contributed by atoms with van der Waals surface area (Å²) in [7, 11) is 0. The number of hydrogen-bond donors (Lipinski definition) is 1. The Morgan fingerprint density at radius 3 is 1.97 bits per heavy atom. The lowest BCUT2D eigenvalue weighted by Gasteiger charge is -2.15. The first-order valence-electron chi connectivity index (χ1n) is 11.0. The number of hydrogen-bond acceptors (Lipinski definition) is 4. The second-order valence-corrected chi connectivity index (χ2v) is 8.66. The predicted molar refractivity (Wildman–Crippen MR) is 137 cm³/mol. The molecule has 6 aromatic rings. The molecular weight excluding hydrogens is 404 g/mol. The molecule has 0 saturated heterocycles. The lowest BCUT2D eigenvalue weighted by atomic mass is 10.1. The van der Waals surface area contributed by atoms with Crippen LogP contribution >= 0.6 is 0 Å². The van der Waals surface area contributed by atoms with Crippen LogP contribution in [0.5, 0.6) is 0 Å². The van der Waals surface area contributed by atoms with Crippen molar-refractivity contribution in [1.29, 1.82) is 0 Å². The summed E-state index contributed by atoms with van der Waals surface area (Å²) in [6.45, 7) is 0. The fraction of sp³-hybridized carbons (Fsp3) is 0. The third-order valence-electron chi connectivity index (χ3n) is 6.67. The second kappa shape index (κ2) is 6.02. The second-order valence-electron chi connectivity index (χ2n) is 8.66. The topological polar surface area (TPSA) is 50.7 Å². The molecule has 1 N–H and O–H groups in total. The molecule has 4 nitrogen and oxygen atoms in total. The van der Waals surface area contributed by atoms with Gasteiger partial charge < -0.3 is 5.32 Å². The maximum absolute atomic E-state index is 5.14. The SMILES string of the molecule is c1cc2cc3cc4cc5cccc(c6ccc7ccc8ccc(c(c1)c2n3)Nc8c7n6)c5n4. The molecule has 0 fully saturated rings. The molecule has 8 bridgehead atoms. The van der Waals surface area contributed by atoms with Gasteiger partial charge in [0, 0.05) is 38.0 Å². The molecule has 2 aliphatic heterocycles. The number of nitrogens with one attached hydrogen (secondary N) is 1. The minimum atomic E-state index is 0.909. The average Bonchev–Trinajstić information content (AvgIpc) is 3.45. The summed E-state index contributed by atoms with van der Waals surface area (Å²) in [4.78, 5) is 15.1. The van der Waals surface area contributed by atoms with Crippen LogP contribution in [0, 0.1) is 0 Å². The summed E-state index contributed by atoms with van der Waals surface area (Å²) >= 11 is 0. The minimum absolute atomic E-state index is 0.909. The molecule has 3 aromatic heterocycles. The Morgan fingerprint density at radius 1 is 0.485 bits per heavy atom. The first-order valence-corrected chi connectivity index (χ1v) is 11.0. The van der Waals surface area contributed by atoms with Gasteiger partial charge in [-0.2, -0.15) is 0 Å². The van der Waals surface area contributed by atoms with Crippen molar-refractivity contribution in [1.82, 2.24) is 15.0 Å². The van der Waals surface area contributed by atoms with Gasteiger partial charge in [0.2, 0.25) is 0 Å². The van der Waals surface area contributed by atoms with Crippen molar-refractivity contribution >= 4 is 76.8 Å². The normalized spacial score (nSPS) is 12.5. The first kappa shape index (κ1) is 17.0. The maximum atomic E-state index is 5.14.